The second-order valence-electron chi connectivity index (χ2n) is 9.25. The zero-order valence-corrected chi connectivity index (χ0v) is 20.6. The summed E-state index contributed by atoms with van der Waals surface area (Å²) in [5, 5.41) is 12.8. The van der Waals surface area contributed by atoms with E-state index in [0.717, 1.165) is 29.4 Å². The quantitative estimate of drug-likeness (QED) is 0.426. The minimum atomic E-state index is 0.0290. The fourth-order valence-corrected chi connectivity index (χ4v) is 4.34. The maximum absolute atomic E-state index is 12.4. The van der Waals surface area contributed by atoms with E-state index in [4.69, 9.17) is 0 Å². The molecular weight excluding hydrogens is 416 g/mol. The molecule has 6 heteroatoms. The zero-order valence-electron chi connectivity index (χ0n) is 19.8. The van der Waals surface area contributed by atoms with Gasteiger partial charge in [-0.05, 0) is 29.9 Å². The van der Waals surface area contributed by atoms with Crippen LogP contribution in [-0.4, -0.2) is 32.5 Å². The minimum Gasteiger partial charge on any atom is -0.353 e. The molecule has 5 nitrogen and oxygen atoms in total. The van der Waals surface area contributed by atoms with Gasteiger partial charge in [-0.3, -0.25) is 9.36 Å². The van der Waals surface area contributed by atoms with Crippen molar-refractivity contribution in [1.82, 2.24) is 20.1 Å². The summed E-state index contributed by atoms with van der Waals surface area (Å²) in [5.41, 5.74) is 3.57. The Morgan fingerprint density at radius 3 is 2.38 bits per heavy atom. The molecule has 0 aliphatic heterocycles. The highest BCUT2D eigenvalue weighted by Crippen LogP contribution is 2.28. The molecular formula is C26H34N4OS. The van der Waals surface area contributed by atoms with Gasteiger partial charge in [-0.15, -0.1) is 10.2 Å². The molecule has 0 radical (unpaired) electrons. The monoisotopic (exact) mass is 450 g/mol. The Balaban J connectivity index is 1.84. The van der Waals surface area contributed by atoms with Crippen molar-refractivity contribution in [1.29, 1.82) is 0 Å². The Morgan fingerprint density at radius 1 is 1.06 bits per heavy atom. The Hall–Kier alpha value is -2.60. The summed E-state index contributed by atoms with van der Waals surface area (Å²) >= 11 is 1.43. The van der Waals surface area contributed by atoms with E-state index in [2.05, 4.69) is 84.2 Å². The molecule has 0 bridgehead atoms. The minimum absolute atomic E-state index is 0.0290. The highest BCUT2D eigenvalue weighted by molar-refractivity contribution is 7.99. The summed E-state index contributed by atoms with van der Waals surface area (Å²) in [6.45, 7) is 11.5. The van der Waals surface area contributed by atoms with Gasteiger partial charge in [0.25, 0.3) is 0 Å². The van der Waals surface area contributed by atoms with E-state index in [1.807, 2.05) is 25.1 Å². The molecule has 1 unspecified atom stereocenters. The van der Waals surface area contributed by atoms with Crippen LogP contribution in [-0.2, 0) is 16.8 Å². The number of hydrogen-bond acceptors (Lipinski definition) is 4. The Bertz CT molecular complexity index is 1010. The van der Waals surface area contributed by atoms with Crippen molar-refractivity contribution < 1.29 is 4.79 Å². The number of nitrogens with one attached hydrogen (secondary N) is 1. The molecule has 32 heavy (non-hydrogen) atoms. The van der Waals surface area contributed by atoms with Crippen molar-refractivity contribution >= 4 is 17.7 Å². The summed E-state index contributed by atoms with van der Waals surface area (Å²) < 4.78 is 2.11. The molecule has 1 aromatic heterocycles. The number of rotatable bonds is 9. The number of amides is 1. The Labute approximate surface area is 196 Å². The molecule has 170 valence electrons. The highest BCUT2D eigenvalue weighted by atomic mass is 32.2. The number of carbonyl (C=O) groups excluding carboxylic acids is 1. The SMILES string of the molecule is CCCC(C)NC(=O)CSc1nnc(-c2ccc(C(C)(C)C)cc2)n1Cc1ccccc1. The lowest BCUT2D eigenvalue weighted by molar-refractivity contribution is -0.119. The van der Waals surface area contributed by atoms with Gasteiger partial charge in [-0.1, -0.05) is 100 Å². The lowest BCUT2D eigenvalue weighted by Crippen LogP contribution is -2.33. The third kappa shape index (κ3) is 6.45. The molecule has 0 aliphatic carbocycles. The summed E-state index contributed by atoms with van der Waals surface area (Å²) in [4.78, 5) is 12.4. The van der Waals surface area contributed by atoms with E-state index in [1.54, 1.807) is 0 Å². The molecule has 2 aromatic carbocycles. The Kier molecular flexibility index (Phi) is 8.13. The molecule has 0 fully saturated rings. The first-order valence-corrected chi connectivity index (χ1v) is 12.3. The largest absolute Gasteiger partial charge is 0.353 e. The van der Waals surface area contributed by atoms with Crippen LogP contribution in [0.2, 0.25) is 0 Å². The van der Waals surface area contributed by atoms with Gasteiger partial charge < -0.3 is 5.32 Å². The van der Waals surface area contributed by atoms with Crippen LogP contribution >= 0.6 is 11.8 Å². The van der Waals surface area contributed by atoms with Crippen LogP contribution in [0.4, 0.5) is 0 Å². The summed E-state index contributed by atoms with van der Waals surface area (Å²) in [7, 11) is 0. The van der Waals surface area contributed by atoms with Crippen LogP contribution in [0.5, 0.6) is 0 Å². The van der Waals surface area contributed by atoms with Gasteiger partial charge in [0.2, 0.25) is 5.91 Å². The summed E-state index contributed by atoms with van der Waals surface area (Å²) in [5.74, 6) is 1.17. The molecule has 3 rings (SSSR count). The lowest BCUT2D eigenvalue weighted by atomic mass is 9.87. The molecule has 3 aromatic rings. The predicted molar refractivity (Wildman–Crippen MR) is 133 cm³/mol. The van der Waals surface area contributed by atoms with Crippen molar-refractivity contribution in [3.05, 3.63) is 65.7 Å². The molecule has 1 atom stereocenters. The van der Waals surface area contributed by atoms with E-state index in [1.165, 1.54) is 22.9 Å². The average Bonchev–Trinajstić information content (AvgIpc) is 3.15. The molecule has 0 aliphatic rings. The third-order valence-corrected chi connectivity index (χ3v) is 6.34. The molecule has 1 amide bonds. The van der Waals surface area contributed by atoms with Gasteiger partial charge in [0.1, 0.15) is 0 Å². The Morgan fingerprint density at radius 2 is 1.75 bits per heavy atom. The first-order chi connectivity index (χ1) is 15.3. The normalized spacial score (nSPS) is 12.5. The molecule has 1 heterocycles. The van der Waals surface area contributed by atoms with Gasteiger partial charge in [0.15, 0.2) is 11.0 Å². The number of benzene rings is 2. The molecule has 0 saturated heterocycles. The first-order valence-electron chi connectivity index (χ1n) is 11.3. The number of aromatic nitrogens is 3. The lowest BCUT2D eigenvalue weighted by Gasteiger charge is -2.19. The maximum Gasteiger partial charge on any atom is 0.230 e. The number of carbonyl (C=O) groups is 1. The van der Waals surface area contributed by atoms with Crippen LogP contribution in [0.25, 0.3) is 11.4 Å². The molecule has 0 spiro atoms. The van der Waals surface area contributed by atoms with Crippen molar-refractivity contribution in [2.45, 2.75) is 70.6 Å². The van der Waals surface area contributed by atoms with Gasteiger partial charge >= 0.3 is 0 Å². The van der Waals surface area contributed by atoms with E-state index < -0.39 is 0 Å². The van der Waals surface area contributed by atoms with Gasteiger partial charge in [0.05, 0.1) is 12.3 Å². The second-order valence-corrected chi connectivity index (χ2v) is 10.2. The standard InChI is InChI=1S/C26H34N4OS/c1-6-10-19(2)27-23(31)18-32-25-29-28-24(30(25)17-20-11-8-7-9-12-20)21-13-15-22(16-14-21)26(3,4)5/h7-9,11-16,19H,6,10,17-18H2,1-5H3,(H,27,31). The average molecular weight is 451 g/mol. The van der Waals surface area contributed by atoms with Crippen LogP contribution in [0.15, 0.2) is 59.8 Å². The third-order valence-electron chi connectivity index (χ3n) is 5.37. The van der Waals surface area contributed by atoms with E-state index in [-0.39, 0.29) is 17.4 Å². The highest BCUT2D eigenvalue weighted by Gasteiger charge is 2.18. The van der Waals surface area contributed by atoms with E-state index >= 15 is 0 Å². The summed E-state index contributed by atoms with van der Waals surface area (Å²) in [6, 6.07) is 19.0. The first kappa shape index (κ1) is 24.1. The zero-order chi connectivity index (χ0) is 23.1. The van der Waals surface area contributed by atoms with Gasteiger partial charge in [-0.2, -0.15) is 0 Å². The topological polar surface area (TPSA) is 59.8 Å². The number of nitrogens with zero attached hydrogens (tertiary/aromatic N) is 3. The van der Waals surface area contributed by atoms with E-state index in [0.29, 0.717) is 12.3 Å². The van der Waals surface area contributed by atoms with Crippen molar-refractivity contribution in [2.75, 3.05) is 5.75 Å². The van der Waals surface area contributed by atoms with Gasteiger partial charge in [-0.25, -0.2) is 0 Å². The maximum atomic E-state index is 12.4. The van der Waals surface area contributed by atoms with Crippen molar-refractivity contribution in [3.63, 3.8) is 0 Å². The second kappa shape index (κ2) is 10.8. The predicted octanol–water partition coefficient (Wildman–Crippen LogP) is 5.69. The molecule has 1 N–H and O–H groups in total. The number of hydrogen-bond donors (Lipinski definition) is 1. The number of thioether (sulfide) groups is 1. The molecule has 0 saturated carbocycles. The van der Waals surface area contributed by atoms with Crippen molar-refractivity contribution in [2.24, 2.45) is 0 Å². The fraction of sp³-hybridized carbons (Fsp3) is 0.423. The van der Waals surface area contributed by atoms with Gasteiger partial charge in [0, 0.05) is 11.6 Å². The van der Waals surface area contributed by atoms with Crippen LogP contribution in [0.1, 0.15) is 58.6 Å². The van der Waals surface area contributed by atoms with Crippen LogP contribution in [0, 0.1) is 0 Å². The van der Waals surface area contributed by atoms with E-state index in [9.17, 15) is 4.79 Å². The smallest absolute Gasteiger partial charge is 0.230 e. The fourth-order valence-electron chi connectivity index (χ4n) is 3.59. The summed E-state index contributed by atoms with van der Waals surface area (Å²) in [6.07, 6.45) is 2.03. The van der Waals surface area contributed by atoms with Crippen LogP contribution < -0.4 is 5.32 Å². The van der Waals surface area contributed by atoms with Crippen molar-refractivity contribution in [3.8, 4) is 11.4 Å². The van der Waals surface area contributed by atoms with Crippen LogP contribution in [0.3, 0.4) is 0 Å².